The highest BCUT2D eigenvalue weighted by atomic mass is 16.5. The number of nitrogens with one attached hydrogen (secondary N) is 1. The summed E-state index contributed by atoms with van der Waals surface area (Å²) in [6.45, 7) is 7.03. The van der Waals surface area contributed by atoms with Gasteiger partial charge in [-0.2, -0.15) is 0 Å². The van der Waals surface area contributed by atoms with Gasteiger partial charge in [-0.15, -0.1) is 0 Å². The zero-order chi connectivity index (χ0) is 17.8. The minimum absolute atomic E-state index is 0.0296. The number of aryl methyl sites for hydroxylation is 2. The van der Waals surface area contributed by atoms with Crippen LogP contribution in [0.5, 0.6) is 11.5 Å². The van der Waals surface area contributed by atoms with E-state index in [1.54, 1.807) is 0 Å². The molecule has 0 bridgehead atoms. The first kappa shape index (κ1) is 17.3. The molecular weight excluding hydrogens is 314 g/mol. The van der Waals surface area contributed by atoms with Crippen LogP contribution in [0.3, 0.4) is 0 Å². The van der Waals surface area contributed by atoms with Crippen molar-refractivity contribution in [2.24, 2.45) is 0 Å². The van der Waals surface area contributed by atoms with E-state index >= 15 is 0 Å². The van der Waals surface area contributed by atoms with Gasteiger partial charge in [-0.05, 0) is 75.1 Å². The second kappa shape index (κ2) is 7.60. The van der Waals surface area contributed by atoms with Crippen LogP contribution in [0.2, 0.25) is 0 Å². The van der Waals surface area contributed by atoms with Gasteiger partial charge in [0.2, 0.25) is 0 Å². The first-order chi connectivity index (χ1) is 12.1. The van der Waals surface area contributed by atoms with Crippen molar-refractivity contribution in [1.29, 1.82) is 0 Å². The van der Waals surface area contributed by atoms with Gasteiger partial charge in [-0.25, -0.2) is 0 Å². The lowest BCUT2D eigenvalue weighted by Gasteiger charge is -2.14. The summed E-state index contributed by atoms with van der Waals surface area (Å²) in [7, 11) is 0. The molecular formula is C21H25NO3. The molecule has 1 aliphatic carbocycles. The van der Waals surface area contributed by atoms with E-state index < -0.39 is 0 Å². The minimum Gasteiger partial charge on any atom is -0.493 e. The van der Waals surface area contributed by atoms with Crippen LogP contribution < -0.4 is 14.8 Å². The number of rotatable bonds is 7. The normalized spacial score (nSPS) is 13.4. The highest BCUT2D eigenvalue weighted by Crippen LogP contribution is 2.25. The molecule has 0 atom stereocenters. The monoisotopic (exact) mass is 339 g/mol. The van der Waals surface area contributed by atoms with Gasteiger partial charge in [0.1, 0.15) is 18.1 Å². The third kappa shape index (κ3) is 4.53. The summed E-state index contributed by atoms with van der Waals surface area (Å²) < 4.78 is 11.6. The van der Waals surface area contributed by atoms with Gasteiger partial charge >= 0.3 is 0 Å². The Hall–Kier alpha value is -2.49. The molecule has 25 heavy (non-hydrogen) atoms. The maximum atomic E-state index is 12.3. The third-order valence-electron chi connectivity index (χ3n) is 4.41. The molecule has 0 spiro atoms. The Labute approximate surface area is 149 Å². The number of hydrogen-bond donors (Lipinski definition) is 1. The zero-order valence-corrected chi connectivity index (χ0v) is 15.1. The molecule has 3 rings (SSSR count). The van der Waals surface area contributed by atoms with Gasteiger partial charge in [0, 0.05) is 17.2 Å². The summed E-state index contributed by atoms with van der Waals surface area (Å²) in [6.07, 6.45) is 2.15. The highest BCUT2D eigenvalue weighted by Gasteiger charge is 2.24. The lowest BCUT2D eigenvalue weighted by atomic mass is 10.1. The topological polar surface area (TPSA) is 47.6 Å². The minimum atomic E-state index is -0.0296. The van der Waals surface area contributed by atoms with Crippen molar-refractivity contribution >= 4 is 5.91 Å². The van der Waals surface area contributed by atoms with Gasteiger partial charge in [0.05, 0.1) is 6.61 Å². The molecule has 1 fully saturated rings. The molecule has 132 valence electrons. The molecule has 4 nitrogen and oxygen atoms in total. The molecule has 1 saturated carbocycles. The first-order valence-electron chi connectivity index (χ1n) is 8.83. The number of ether oxygens (including phenoxy) is 2. The first-order valence-corrected chi connectivity index (χ1v) is 8.83. The molecule has 0 unspecified atom stereocenters. The van der Waals surface area contributed by atoms with E-state index in [9.17, 15) is 4.79 Å². The van der Waals surface area contributed by atoms with Crippen molar-refractivity contribution in [3.8, 4) is 11.5 Å². The molecule has 1 aliphatic rings. The third-order valence-corrected chi connectivity index (χ3v) is 4.41. The lowest BCUT2D eigenvalue weighted by Crippen LogP contribution is -2.25. The van der Waals surface area contributed by atoms with Gasteiger partial charge in [0.25, 0.3) is 5.91 Å². The summed E-state index contributed by atoms with van der Waals surface area (Å²) in [5.74, 6) is 1.55. The fraction of sp³-hybridized carbons (Fsp3) is 0.381. The van der Waals surface area contributed by atoms with Crippen LogP contribution >= 0.6 is 0 Å². The van der Waals surface area contributed by atoms with Crippen LogP contribution in [-0.4, -0.2) is 18.6 Å². The van der Waals surface area contributed by atoms with Crippen molar-refractivity contribution in [2.45, 2.75) is 46.3 Å². The maximum Gasteiger partial charge on any atom is 0.251 e. The number of carbonyl (C=O) groups excluding carboxylic acids is 1. The Morgan fingerprint density at radius 3 is 2.56 bits per heavy atom. The van der Waals surface area contributed by atoms with Crippen molar-refractivity contribution in [1.82, 2.24) is 5.32 Å². The smallest absolute Gasteiger partial charge is 0.251 e. The molecule has 0 aromatic heterocycles. The summed E-state index contributed by atoms with van der Waals surface area (Å²) in [5.41, 5.74) is 3.96. The SMILES string of the molecule is CCOc1ccc(C(=O)NC2CC2)cc1COc1ccc(C)c(C)c1. The predicted molar refractivity (Wildman–Crippen MR) is 98.3 cm³/mol. The lowest BCUT2D eigenvalue weighted by molar-refractivity contribution is 0.0951. The van der Waals surface area contributed by atoms with Gasteiger partial charge in [-0.3, -0.25) is 4.79 Å². The number of amides is 1. The fourth-order valence-electron chi connectivity index (χ4n) is 2.59. The number of carbonyl (C=O) groups is 1. The highest BCUT2D eigenvalue weighted by molar-refractivity contribution is 5.95. The van der Waals surface area contributed by atoms with Crippen molar-refractivity contribution in [3.05, 3.63) is 58.7 Å². The molecule has 0 heterocycles. The van der Waals surface area contributed by atoms with E-state index in [4.69, 9.17) is 9.47 Å². The second-order valence-electron chi connectivity index (χ2n) is 6.54. The van der Waals surface area contributed by atoms with Crippen molar-refractivity contribution < 1.29 is 14.3 Å². The zero-order valence-electron chi connectivity index (χ0n) is 15.1. The standard InChI is InChI=1S/C21H25NO3/c1-4-24-20-10-6-16(21(23)22-18-7-8-18)12-17(20)13-25-19-9-5-14(2)15(3)11-19/h5-6,9-12,18H,4,7-8,13H2,1-3H3,(H,22,23). The largest absolute Gasteiger partial charge is 0.493 e. The number of benzene rings is 2. The molecule has 2 aromatic carbocycles. The molecule has 0 radical (unpaired) electrons. The Bertz CT molecular complexity index is 766. The summed E-state index contributed by atoms with van der Waals surface area (Å²) in [6, 6.07) is 11.9. The van der Waals surface area contributed by atoms with E-state index in [0.29, 0.717) is 24.8 Å². The maximum absolute atomic E-state index is 12.3. The van der Waals surface area contributed by atoms with E-state index in [1.165, 1.54) is 11.1 Å². The van der Waals surface area contributed by atoms with Crippen LogP contribution in [0.15, 0.2) is 36.4 Å². The number of hydrogen-bond acceptors (Lipinski definition) is 3. The molecule has 0 aliphatic heterocycles. The molecule has 0 saturated heterocycles. The Morgan fingerprint density at radius 1 is 1.08 bits per heavy atom. The van der Waals surface area contributed by atoms with Crippen LogP contribution in [0.1, 0.15) is 46.8 Å². The summed E-state index contributed by atoms with van der Waals surface area (Å²) >= 11 is 0. The van der Waals surface area contributed by atoms with Gasteiger partial charge in [0.15, 0.2) is 0 Å². The Morgan fingerprint density at radius 2 is 1.88 bits per heavy atom. The van der Waals surface area contributed by atoms with E-state index in [1.807, 2.05) is 43.3 Å². The Balaban J connectivity index is 1.76. The van der Waals surface area contributed by atoms with Gasteiger partial charge < -0.3 is 14.8 Å². The predicted octanol–water partition coefficient (Wildman–Crippen LogP) is 4.17. The Kier molecular flexibility index (Phi) is 5.27. The fourth-order valence-corrected chi connectivity index (χ4v) is 2.59. The average Bonchev–Trinajstić information content (AvgIpc) is 3.41. The summed E-state index contributed by atoms with van der Waals surface area (Å²) in [4.78, 5) is 12.3. The molecule has 2 aromatic rings. The quantitative estimate of drug-likeness (QED) is 0.823. The van der Waals surface area contributed by atoms with Crippen molar-refractivity contribution in [2.75, 3.05) is 6.61 Å². The van der Waals surface area contributed by atoms with Crippen LogP contribution in [0.4, 0.5) is 0 Å². The molecule has 1 amide bonds. The van der Waals surface area contributed by atoms with E-state index in [0.717, 1.165) is 29.9 Å². The average molecular weight is 339 g/mol. The second-order valence-corrected chi connectivity index (χ2v) is 6.54. The van der Waals surface area contributed by atoms with Crippen LogP contribution in [-0.2, 0) is 6.61 Å². The van der Waals surface area contributed by atoms with Crippen LogP contribution in [0.25, 0.3) is 0 Å². The summed E-state index contributed by atoms with van der Waals surface area (Å²) in [5, 5.41) is 3.02. The van der Waals surface area contributed by atoms with E-state index in [2.05, 4.69) is 19.2 Å². The molecule has 1 N–H and O–H groups in total. The van der Waals surface area contributed by atoms with Crippen LogP contribution in [0, 0.1) is 13.8 Å². The van der Waals surface area contributed by atoms with Gasteiger partial charge in [-0.1, -0.05) is 6.07 Å². The van der Waals surface area contributed by atoms with E-state index in [-0.39, 0.29) is 5.91 Å². The molecule has 4 heteroatoms. The van der Waals surface area contributed by atoms with Crippen molar-refractivity contribution in [3.63, 3.8) is 0 Å².